The fourth-order valence-electron chi connectivity index (χ4n) is 2.29. The van der Waals surface area contributed by atoms with Gasteiger partial charge < -0.3 is 14.8 Å². The SMILES string of the molecule is COc1ccc(S(=O)(=O)N(C)C)cc1NC(=O)COc1ccc(C)c(C)c1. The minimum Gasteiger partial charge on any atom is -0.495 e. The highest BCUT2D eigenvalue weighted by atomic mass is 32.2. The van der Waals surface area contributed by atoms with E-state index < -0.39 is 15.9 Å². The van der Waals surface area contributed by atoms with Crippen molar-refractivity contribution in [1.29, 1.82) is 0 Å². The van der Waals surface area contributed by atoms with Gasteiger partial charge in [-0.25, -0.2) is 12.7 Å². The Morgan fingerprint density at radius 3 is 2.37 bits per heavy atom. The largest absolute Gasteiger partial charge is 0.495 e. The van der Waals surface area contributed by atoms with Crippen molar-refractivity contribution in [2.45, 2.75) is 18.7 Å². The molecule has 0 atom stereocenters. The second-order valence-corrected chi connectivity index (χ2v) is 8.38. The summed E-state index contributed by atoms with van der Waals surface area (Å²) in [4.78, 5) is 12.3. The van der Waals surface area contributed by atoms with E-state index in [0.717, 1.165) is 15.4 Å². The van der Waals surface area contributed by atoms with E-state index in [-0.39, 0.29) is 17.2 Å². The third-order valence-corrected chi connectivity index (χ3v) is 5.88. The molecule has 0 spiro atoms. The summed E-state index contributed by atoms with van der Waals surface area (Å²) in [7, 11) is 0.691. The number of rotatable bonds is 7. The number of ether oxygens (including phenoxy) is 2. The highest BCUT2D eigenvalue weighted by Gasteiger charge is 2.20. The van der Waals surface area contributed by atoms with Crippen LogP contribution in [-0.2, 0) is 14.8 Å². The first-order valence-corrected chi connectivity index (χ1v) is 9.69. The molecule has 27 heavy (non-hydrogen) atoms. The molecule has 8 heteroatoms. The van der Waals surface area contributed by atoms with Gasteiger partial charge in [-0.3, -0.25) is 4.79 Å². The molecule has 2 aromatic carbocycles. The summed E-state index contributed by atoms with van der Waals surface area (Å²) in [6.45, 7) is 3.74. The van der Waals surface area contributed by atoms with Crippen molar-refractivity contribution in [1.82, 2.24) is 4.31 Å². The first kappa shape index (κ1) is 20.7. The van der Waals surface area contributed by atoms with Gasteiger partial charge in [0.25, 0.3) is 5.91 Å². The summed E-state index contributed by atoms with van der Waals surface area (Å²) in [6, 6.07) is 9.85. The van der Waals surface area contributed by atoms with E-state index in [1.54, 1.807) is 6.07 Å². The lowest BCUT2D eigenvalue weighted by Gasteiger charge is -2.15. The van der Waals surface area contributed by atoms with Crippen LogP contribution in [-0.4, -0.2) is 46.4 Å². The van der Waals surface area contributed by atoms with Gasteiger partial charge in [0.1, 0.15) is 11.5 Å². The molecule has 0 fully saturated rings. The molecule has 0 radical (unpaired) electrons. The number of hydrogen-bond acceptors (Lipinski definition) is 5. The number of methoxy groups -OCH3 is 1. The Hall–Kier alpha value is -2.58. The van der Waals surface area contributed by atoms with E-state index in [0.29, 0.717) is 11.5 Å². The van der Waals surface area contributed by atoms with Crippen LogP contribution in [0, 0.1) is 13.8 Å². The van der Waals surface area contributed by atoms with E-state index >= 15 is 0 Å². The van der Waals surface area contributed by atoms with E-state index in [1.807, 2.05) is 26.0 Å². The smallest absolute Gasteiger partial charge is 0.262 e. The van der Waals surface area contributed by atoms with Crippen molar-refractivity contribution >= 4 is 21.6 Å². The zero-order chi connectivity index (χ0) is 20.2. The number of anilines is 1. The van der Waals surface area contributed by atoms with Gasteiger partial charge in [-0.05, 0) is 55.3 Å². The lowest BCUT2D eigenvalue weighted by Crippen LogP contribution is -2.23. The third kappa shape index (κ3) is 4.99. The van der Waals surface area contributed by atoms with Crippen LogP contribution in [0.2, 0.25) is 0 Å². The van der Waals surface area contributed by atoms with Crippen molar-refractivity contribution in [2.75, 3.05) is 33.1 Å². The molecule has 0 aromatic heterocycles. The number of hydrogen-bond donors (Lipinski definition) is 1. The van der Waals surface area contributed by atoms with Gasteiger partial charge in [0.2, 0.25) is 10.0 Å². The summed E-state index contributed by atoms with van der Waals surface area (Å²) < 4.78 is 36.4. The fourth-order valence-corrected chi connectivity index (χ4v) is 3.22. The molecule has 0 saturated heterocycles. The van der Waals surface area contributed by atoms with Crippen LogP contribution in [0.25, 0.3) is 0 Å². The quantitative estimate of drug-likeness (QED) is 0.783. The number of benzene rings is 2. The molecule has 0 unspecified atom stereocenters. The van der Waals surface area contributed by atoms with Crippen molar-refractivity contribution in [2.24, 2.45) is 0 Å². The number of nitrogens with one attached hydrogen (secondary N) is 1. The fraction of sp³-hybridized carbons (Fsp3) is 0.316. The lowest BCUT2D eigenvalue weighted by atomic mass is 10.1. The van der Waals surface area contributed by atoms with E-state index in [2.05, 4.69) is 5.32 Å². The molecule has 146 valence electrons. The zero-order valence-corrected chi connectivity index (χ0v) is 16.9. The van der Waals surface area contributed by atoms with Crippen LogP contribution >= 0.6 is 0 Å². The molecule has 0 aliphatic heterocycles. The number of amides is 1. The molecule has 2 aromatic rings. The molecule has 1 amide bonds. The van der Waals surface area contributed by atoms with Crippen LogP contribution in [0.5, 0.6) is 11.5 Å². The number of nitrogens with zero attached hydrogens (tertiary/aromatic N) is 1. The van der Waals surface area contributed by atoms with Crippen molar-refractivity contribution < 1.29 is 22.7 Å². The van der Waals surface area contributed by atoms with Crippen LogP contribution < -0.4 is 14.8 Å². The maximum Gasteiger partial charge on any atom is 0.262 e. The molecule has 0 saturated carbocycles. The molecule has 0 heterocycles. The summed E-state index contributed by atoms with van der Waals surface area (Å²) in [6.07, 6.45) is 0. The van der Waals surface area contributed by atoms with Gasteiger partial charge in [-0.15, -0.1) is 0 Å². The number of carbonyl (C=O) groups is 1. The maximum absolute atomic E-state index is 12.3. The summed E-state index contributed by atoms with van der Waals surface area (Å²) in [5.74, 6) is 0.516. The minimum atomic E-state index is -3.63. The molecular formula is C19H24N2O5S. The lowest BCUT2D eigenvalue weighted by molar-refractivity contribution is -0.118. The Bertz CT molecular complexity index is 939. The predicted molar refractivity (Wildman–Crippen MR) is 104 cm³/mol. The van der Waals surface area contributed by atoms with Gasteiger partial charge in [-0.1, -0.05) is 6.07 Å². The van der Waals surface area contributed by atoms with E-state index in [4.69, 9.17) is 9.47 Å². The molecular weight excluding hydrogens is 368 g/mol. The van der Waals surface area contributed by atoms with Crippen LogP contribution in [0.15, 0.2) is 41.3 Å². The van der Waals surface area contributed by atoms with Gasteiger partial charge >= 0.3 is 0 Å². The highest BCUT2D eigenvalue weighted by molar-refractivity contribution is 7.89. The Morgan fingerprint density at radius 1 is 1.07 bits per heavy atom. The molecule has 0 aliphatic carbocycles. The minimum absolute atomic E-state index is 0.0543. The van der Waals surface area contributed by atoms with Crippen LogP contribution in [0.3, 0.4) is 0 Å². The first-order chi connectivity index (χ1) is 12.6. The van der Waals surface area contributed by atoms with Crippen molar-refractivity contribution in [3.05, 3.63) is 47.5 Å². The summed E-state index contributed by atoms with van der Waals surface area (Å²) in [5.41, 5.74) is 2.46. The number of carbonyl (C=O) groups excluding carboxylic acids is 1. The number of sulfonamides is 1. The molecule has 0 bridgehead atoms. The normalized spacial score (nSPS) is 11.3. The highest BCUT2D eigenvalue weighted by Crippen LogP contribution is 2.28. The maximum atomic E-state index is 12.3. The van der Waals surface area contributed by atoms with Crippen LogP contribution in [0.4, 0.5) is 5.69 Å². The van der Waals surface area contributed by atoms with E-state index in [1.165, 1.54) is 39.4 Å². The summed E-state index contributed by atoms with van der Waals surface area (Å²) >= 11 is 0. The Balaban J connectivity index is 2.15. The van der Waals surface area contributed by atoms with Gasteiger partial charge in [0.05, 0.1) is 17.7 Å². The van der Waals surface area contributed by atoms with Gasteiger partial charge in [0.15, 0.2) is 6.61 Å². The molecule has 2 rings (SSSR count). The van der Waals surface area contributed by atoms with Gasteiger partial charge in [-0.2, -0.15) is 0 Å². The Morgan fingerprint density at radius 2 is 1.78 bits per heavy atom. The molecule has 1 N–H and O–H groups in total. The number of aryl methyl sites for hydroxylation is 2. The monoisotopic (exact) mass is 392 g/mol. The van der Waals surface area contributed by atoms with Gasteiger partial charge in [0, 0.05) is 14.1 Å². The average molecular weight is 392 g/mol. The zero-order valence-electron chi connectivity index (χ0n) is 16.1. The summed E-state index contributed by atoms with van der Waals surface area (Å²) in [5, 5.41) is 2.64. The third-order valence-electron chi connectivity index (χ3n) is 4.07. The Kier molecular flexibility index (Phi) is 6.45. The molecule has 0 aliphatic rings. The average Bonchev–Trinajstić information content (AvgIpc) is 2.62. The van der Waals surface area contributed by atoms with Crippen molar-refractivity contribution in [3.63, 3.8) is 0 Å². The first-order valence-electron chi connectivity index (χ1n) is 8.25. The van der Waals surface area contributed by atoms with Crippen molar-refractivity contribution in [3.8, 4) is 11.5 Å². The standard InChI is InChI=1S/C19H24N2O5S/c1-13-6-7-15(10-14(13)2)26-12-19(22)20-17-11-16(8-9-18(17)25-5)27(23,24)21(3)4/h6-11H,12H2,1-5H3,(H,20,22). The van der Waals surface area contributed by atoms with E-state index in [9.17, 15) is 13.2 Å². The second kappa shape index (κ2) is 8.41. The topological polar surface area (TPSA) is 84.9 Å². The predicted octanol–water partition coefficient (Wildman–Crippen LogP) is 2.58. The second-order valence-electron chi connectivity index (χ2n) is 6.23. The molecule has 7 nitrogen and oxygen atoms in total. The Labute approximate surface area is 160 Å². The van der Waals surface area contributed by atoms with Crippen LogP contribution in [0.1, 0.15) is 11.1 Å².